The van der Waals surface area contributed by atoms with Crippen molar-refractivity contribution in [2.45, 2.75) is 316 Å². The maximum absolute atomic E-state index is 12.9. The first-order chi connectivity index (χ1) is 38.5. The zero-order chi connectivity index (χ0) is 56.4. The molecule has 0 saturated carbocycles. The lowest BCUT2D eigenvalue weighted by Gasteiger charge is -2.18. The fraction of sp³-hybridized carbons (Fsp3) is 0.708. The average Bonchev–Trinajstić information content (AvgIpc) is 3.44. The van der Waals surface area contributed by atoms with Crippen LogP contribution < -0.4 is 0 Å². The summed E-state index contributed by atoms with van der Waals surface area (Å²) in [6.07, 6.45) is 89.8. The highest BCUT2D eigenvalue weighted by Gasteiger charge is 2.19. The van der Waals surface area contributed by atoms with Gasteiger partial charge in [0.25, 0.3) is 0 Å². The van der Waals surface area contributed by atoms with E-state index in [-0.39, 0.29) is 31.1 Å². The quantitative estimate of drug-likeness (QED) is 0.0261. The van der Waals surface area contributed by atoms with Crippen LogP contribution in [0.3, 0.4) is 0 Å². The molecule has 0 N–H and O–H groups in total. The highest BCUT2D eigenvalue weighted by Crippen LogP contribution is 2.17. The molecule has 0 radical (unpaired) electrons. The van der Waals surface area contributed by atoms with Crippen LogP contribution in [0.25, 0.3) is 0 Å². The number of esters is 3. The van der Waals surface area contributed by atoms with Crippen LogP contribution in [0.1, 0.15) is 310 Å². The van der Waals surface area contributed by atoms with Crippen LogP contribution in [0.15, 0.2) is 109 Å². The second kappa shape index (κ2) is 65.6. The standard InChI is InChI=1S/C72H122O6/c1-4-7-10-13-16-19-22-25-27-28-29-30-31-32-33-34-35-36-37-38-39-40-41-42-43-44-45-48-50-53-56-59-62-65-71(74)77-68-69(67-76-70(73)64-61-58-55-52-49-46-24-21-18-15-12-9-6-3)78-72(75)66-63-60-57-54-51-47-26-23-20-17-14-11-8-5-2/h7,9-10,12,14,16-19,21,23,25-27,29-30,46,49,69H,4-6,8,11,13,15,20,22,24,28,31-45,47-48,50-68H2,1-3H3/b10-7-,12-9-,17-14-,19-16-,21-18-,26-23-,27-25-,30-29-,49-46-. The Kier molecular flexibility index (Phi) is 62.3. The minimum Gasteiger partial charge on any atom is -0.462 e. The normalized spacial score (nSPS) is 12.8. The molecule has 1 atom stereocenters. The molecule has 0 bridgehead atoms. The van der Waals surface area contributed by atoms with Crippen molar-refractivity contribution in [2.24, 2.45) is 0 Å². The predicted octanol–water partition coefficient (Wildman–Crippen LogP) is 22.6. The largest absolute Gasteiger partial charge is 0.462 e. The molecule has 0 amide bonds. The first-order valence-corrected chi connectivity index (χ1v) is 32.9. The summed E-state index contributed by atoms with van der Waals surface area (Å²) in [5, 5.41) is 0. The molecule has 0 aliphatic heterocycles. The first-order valence-electron chi connectivity index (χ1n) is 32.9. The molecule has 0 rings (SSSR count). The molecule has 0 heterocycles. The van der Waals surface area contributed by atoms with E-state index in [2.05, 4.69) is 130 Å². The van der Waals surface area contributed by atoms with Gasteiger partial charge in [-0.1, -0.05) is 284 Å². The van der Waals surface area contributed by atoms with Gasteiger partial charge in [0.15, 0.2) is 6.10 Å². The molecule has 0 spiro atoms. The van der Waals surface area contributed by atoms with Crippen molar-refractivity contribution in [3.63, 3.8) is 0 Å². The molecule has 1 unspecified atom stereocenters. The molecule has 446 valence electrons. The number of hydrogen-bond donors (Lipinski definition) is 0. The van der Waals surface area contributed by atoms with E-state index >= 15 is 0 Å². The monoisotopic (exact) mass is 1080 g/mol. The molecule has 6 nitrogen and oxygen atoms in total. The van der Waals surface area contributed by atoms with Gasteiger partial charge in [-0.15, -0.1) is 0 Å². The van der Waals surface area contributed by atoms with Crippen LogP contribution in [0.5, 0.6) is 0 Å². The number of carbonyl (C=O) groups is 3. The lowest BCUT2D eigenvalue weighted by atomic mass is 10.0. The van der Waals surface area contributed by atoms with Gasteiger partial charge in [-0.3, -0.25) is 14.4 Å². The lowest BCUT2D eigenvalue weighted by Crippen LogP contribution is -2.30. The molecule has 0 fully saturated rings. The Morgan fingerprint density at radius 3 is 0.795 bits per heavy atom. The van der Waals surface area contributed by atoms with E-state index < -0.39 is 6.10 Å². The van der Waals surface area contributed by atoms with Gasteiger partial charge in [0, 0.05) is 19.3 Å². The molecule has 78 heavy (non-hydrogen) atoms. The van der Waals surface area contributed by atoms with Crippen LogP contribution in [0.4, 0.5) is 0 Å². The van der Waals surface area contributed by atoms with Crippen LogP contribution in [0.2, 0.25) is 0 Å². The molecule has 6 heteroatoms. The summed E-state index contributed by atoms with van der Waals surface area (Å²) < 4.78 is 16.9. The number of allylic oxidation sites excluding steroid dienone is 18. The van der Waals surface area contributed by atoms with Gasteiger partial charge in [-0.05, 0) is 116 Å². The van der Waals surface area contributed by atoms with Gasteiger partial charge in [-0.25, -0.2) is 0 Å². The second-order valence-electron chi connectivity index (χ2n) is 21.6. The van der Waals surface area contributed by atoms with Crippen molar-refractivity contribution in [2.75, 3.05) is 13.2 Å². The molecule has 0 aliphatic rings. The Hall–Kier alpha value is -3.93. The number of ether oxygens (including phenoxy) is 3. The van der Waals surface area contributed by atoms with Gasteiger partial charge in [0.05, 0.1) is 0 Å². The molecular weight excluding hydrogens is 961 g/mol. The summed E-state index contributed by atoms with van der Waals surface area (Å²) >= 11 is 0. The predicted molar refractivity (Wildman–Crippen MR) is 339 cm³/mol. The number of hydrogen-bond acceptors (Lipinski definition) is 6. The Morgan fingerprint density at radius 2 is 0.500 bits per heavy atom. The van der Waals surface area contributed by atoms with E-state index in [0.29, 0.717) is 19.3 Å². The lowest BCUT2D eigenvalue weighted by molar-refractivity contribution is -0.167. The highest BCUT2D eigenvalue weighted by molar-refractivity contribution is 5.71. The minimum atomic E-state index is -0.797. The smallest absolute Gasteiger partial charge is 0.306 e. The second-order valence-corrected chi connectivity index (χ2v) is 21.6. The van der Waals surface area contributed by atoms with E-state index in [1.165, 1.54) is 135 Å². The molecule has 0 saturated heterocycles. The zero-order valence-corrected chi connectivity index (χ0v) is 51.2. The van der Waals surface area contributed by atoms with Crippen LogP contribution in [-0.4, -0.2) is 37.2 Å². The van der Waals surface area contributed by atoms with E-state index in [0.717, 1.165) is 135 Å². The molecule has 0 aromatic heterocycles. The molecule has 0 aromatic carbocycles. The van der Waals surface area contributed by atoms with E-state index in [1.807, 2.05) is 0 Å². The average molecular weight is 1080 g/mol. The van der Waals surface area contributed by atoms with Crippen molar-refractivity contribution in [3.8, 4) is 0 Å². The van der Waals surface area contributed by atoms with E-state index in [1.54, 1.807) is 0 Å². The molecule has 0 aromatic rings. The SMILES string of the molecule is CC/C=C\C/C=C\C/C=C\C/C=C\CCCCCCCCCCCCCCCCCCCCCCC(=O)OCC(COC(=O)CCCCC/C=C\C/C=C\C/C=C\CC)OC(=O)CCCCCCC/C=C\C/C=C\CCCC. The zero-order valence-electron chi connectivity index (χ0n) is 51.2. The number of carbonyl (C=O) groups excluding carboxylic acids is 3. The maximum atomic E-state index is 12.9. The van der Waals surface area contributed by atoms with Crippen molar-refractivity contribution in [3.05, 3.63) is 109 Å². The summed E-state index contributed by atoms with van der Waals surface area (Å²) in [5.41, 5.74) is 0. The Labute approximate surface area is 482 Å². The van der Waals surface area contributed by atoms with Crippen LogP contribution >= 0.6 is 0 Å². The van der Waals surface area contributed by atoms with Gasteiger partial charge in [0.2, 0.25) is 0 Å². The molecular formula is C72H122O6. The summed E-state index contributed by atoms with van der Waals surface area (Å²) in [4.78, 5) is 38.2. The Bertz CT molecular complexity index is 1570. The van der Waals surface area contributed by atoms with Gasteiger partial charge in [0.1, 0.15) is 13.2 Å². The third kappa shape index (κ3) is 62.9. The number of unbranched alkanes of at least 4 members (excludes halogenated alkanes) is 30. The van der Waals surface area contributed by atoms with Crippen LogP contribution in [0, 0.1) is 0 Å². The van der Waals surface area contributed by atoms with E-state index in [9.17, 15) is 14.4 Å². The Balaban J connectivity index is 4.14. The van der Waals surface area contributed by atoms with Gasteiger partial charge < -0.3 is 14.2 Å². The fourth-order valence-corrected chi connectivity index (χ4v) is 9.11. The first kappa shape index (κ1) is 74.1. The third-order valence-electron chi connectivity index (χ3n) is 14.0. The van der Waals surface area contributed by atoms with Gasteiger partial charge >= 0.3 is 17.9 Å². The maximum Gasteiger partial charge on any atom is 0.306 e. The Morgan fingerprint density at radius 1 is 0.269 bits per heavy atom. The summed E-state index contributed by atoms with van der Waals surface area (Å²) in [6.45, 7) is 6.35. The van der Waals surface area contributed by atoms with Crippen molar-refractivity contribution in [1.29, 1.82) is 0 Å². The summed E-state index contributed by atoms with van der Waals surface area (Å²) in [6, 6.07) is 0. The topological polar surface area (TPSA) is 78.9 Å². The highest BCUT2D eigenvalue weighted by atomic mass is 16.6. The van der Waals surface area contributed by atoms with Crippen molar-refractivity contribution in [1.82, 2.24) is 0 Å². The van der Waals surface area contributed by atoms with Crippen molar-refractivity contribution < 1.29 is 28.6 Å². The van der Waals surface area contributed by atoms with Crippen molar-refractivity contribution >= 4 is 17.9 Å². The number of rotatable bonds is 59. The summed E-state index contributed by atoms with van der Waals surface area (Å²) in [5.74, 6) is -0.928. The van der Waals surface area contributed by atoms with Crippen LogP contribution in [-0.2, 0) is 28.6 Å². The fourth-order valence-electron chi connectivity index (χ4n) is 9.11. The molecule has 0 aliphatic carbocycles. The minimum absolute atomic E-state index is 0.0911. The van der Waals surface area contributed by atoms with E-state index in [4.69, 9.17) is 14.2 Å². The van der Waals surface area contributed by atoms with Gasteiger partial charge in [-0.2, -0.15) is 0 Å². The third-order valence-corrected chi connectivity index (χ3v) is 14.0. The summed E-state index contributed by atoms with van der Waals surface area (Å²) in [7, 11) is 0.